The lowest BCUT2D eigenvalue weighted by Crippen LogP contribution is -2.26. The number of ether oxygens (including phenoxy) is 2. The van der Waals surface area contributed by atoms with Crippen LogP contribution >= 0.6 is 11.6 Å². The van der Waals surface area contributed by atoms with Gasteiger partial charge in [0.1, 0.15) is 0 Å². The van der Waals surface area contributed by atoms with Gasteiger partial charge in [-0.05, 0) is 12.8 Å². The third kappa shape index (κ3) is 1.40. The van der Waals surface area contributed by atoms with Crippen molar-refractivity contribution in [2.75, 3.05) is 12.5 Å². The molecule has 0 aromatic heterocycles. The van der Waals surface area contributed by atoms with Gasteiger partial charge in [0.15, 0.2) is 5.79 Å². The molecule has 0 aromatic carbocycles. The zero-order valence-corrected chi connectivity index (χ0v) is 7.27. The number of halogens is 1. The molecule has 1 heterocycles. The molecule has 1 atom stereocenters. The Morgan fingerprint density at radius 3 is 2.64 bits per heavy atom. The molecular weight excluding hydrogens is 164 g/mol. The minimum Gasteiger partial charge on any atom is -0.347 e. The van der Waals surface area contributed by atoms with Crippen LogP contribution in [-0.2, 0) is 9.47 Å². The van der Waals surface area contributed by atoms with Gasteiger partial charge < -0.3 is 9.47 Å². The van der Waals surface area contributed by atoms with Crippen LogP contribution in [0.15, 0.2) is 0 Å². The van der Waals surface area contributed by atoms with Gasteiger partial charge in [-0.1, -0.05) is 0 Å². The molecule has 2 rings (SSSR count). The molecular formula is C8H13ClO2. The quantitative estimate of drug-likeness (QED) is 0.569. The maximum Gasteiger partial charge on any atom is 0.168 e. The number of rotatable bonds is 1. The molecule has 0 aromatic rings. The molecule has 0 amide bonds. The lowest BCUT2D eigenvalue weighted by Gasteiger charge is -2.21. The summed E-state index contributed by atoms with van der Waals surface area (Å²) < 4.78 is 11.3. The van der Waals surface area contributed by atoms with Crippen LogP contribution in [0, 0.1) is 0 Å². The van der Waals surface area contributed by atoms with Gasteiger partial charge in [-0.15, -0.1) is 11.6 Å². The average Bonchev–Trinajstić information content (AvgIpc) is 2.62. The van der Waals surface area contributed by atoms with Gasteiger partial charge in [0.25, 0.3) is 0 Å². The summed E-state index contributed by atoms with van der Waals surface area (Å²) >= 11 is 5.66. The highest BCUT2D eigenvalue weighted by Crippen LogP contribution is 2.39. The van der Waals surface area contributed by atoms with Gasteiger partial charge in [0.2, 0.25) is 0 Å². The van der Waals surface area contributed by atoms with Crippen molar-refractivity contribution in [3.8, 4) is 0 Å². The maximum atomic E-state index is 5.70. The normalized spacial score (nSPS) is 35.2. The molecule has 1 aliphatic carbocycles. The van der Waals surface area contributed by atoms with Crippen LogP contribution in [0.2, 0.25) is 0 Å². The van der Waals surface area contributed by atoms with Crippen molar-refractivity contribution >= 4 is 11.6 Å². The predicted molar refractivity (Wildman–Crippen MR) is 42.7 cm³/mol. The van der Waals surface area contributed by atoms with Crippen molar-refractivity contribution in [2.24, 2.45) is 0 Å². The molecule has 0 N–H and O–H groups in total. The van der Waals surface area contributed by atoms with Gasteiger partial charge >= 0.3 is 0 Å². The van der Waals surface area contributed by atoms with Gasteiger partial charge in [-0.3, -0.25) is 0 Å². The highest BCUT2D eigenvalue weighted by Gasteiger charge is 2.43. The van der Waals surface area contributed by atoms with Crippen molar-refractivity contribution in [1.82, 2.24) is 0 Å². The van der Waals surface area contributed by atoms with E-state index >= 15 is 0 Å². The summed E-state index contributed by atoms with van der Waals surface area (Å²) in [6.45, 7) is 0.684. The van der Waals surface area contributed by atoms with Crippen LogP contribution in [0.1, 0.15) is 25.7 Å². The molecule has 0 radical (unpaired) electrons. The summed E-state index contributed by atoms with van der Waals surface area (Å²) in [4.78, 5) is 0. The Kier molecular flexibility index (Phi) is 2.08. The Morgan fingerprint density at radius 2 is 2.09 bits per heavy atom. The molecule has 1 saturated heterocycles. The Balaban J connectivity index is 1.96. The number of hydrogen-bond acceptors (Lipinski definition) is 2. The van der Waals surface area contributed by atoms with E-state index in [9.17, 15) is 0 Å². The van der Waals surface area contributed by atoms with E-state index in [0.29, 0.717) is 12.5 Å². The third-order valence-corrected chi connectivity index (χ3v) is 2.80. The Labute approximate surface area is 71.8 Å². The Bertz CT molecular complexity index is 143. The second-order valence-corrected chi connectivity index (χ2v) is 3.63. The van der Waals surface area contributed by atoms with E-state index < -0.39 is 0 Å². The van der Waals surface area contributed by atoms with E-state index in [-0.39, 0.29) is 11.9 Å². The zero-order chi connectivity index (χ0) is 7.73. The molecule has 0 bridgehead atoms. The van der Waals surface area contributed by atoms with Crippen molar-refractivity contribution in [3.05, 3.63) is 0 Å². The van der Waals surface area contributed by atoms with Crippen LogP contribution in [0.4, 0.5) is 0 Å². The molecule has 1 spiro atoms. The lowest BCUT2D eigenvalue weighted by atomic mass is 10.2. The van der Waals surface area contributed by atoms with Gasteiger partial charge in [0, 0.05) is 12.8 Å². The zero-order valence-electron chi connectivity index (χ0n) is 6.51. The van der Waals surface area contributed by atoms with E-state index in [4.69, 9.17) is 21.1 Å². The van der Waals surface area contributed by atoms with Crippen LogP contribution < -0.4 is 0 Å². The highest BCUT2D eigenvalue weighted by atomic mass is 35.5. The first kappa shape index (κ1) is 7.84. The molecule has 1 saturated carbocycles. The van der Waals surface area contributed by atoms with E-state index in [1.165, 1.54) is 12.8 Å². The molecule has 11 heavy (non-hydrogen) atoms. The Morgan fingerprint density at radius 1 is 1.36 bits per heavy atom. The van der Waals surface area contributed by atoms with E-state index in [0.717, 1.165) is 12.8 Å². The van der Waals surface area contributed by atoms with Crippen molar-refractivity contribution in [1.29, 1.82) is 0 Å². The molecule has 2 aliphatic rings. The predicted octanol–water partition coefficient (Wildman–Crippen LogP) is 1.91. The van der Waals surface area contributed by atoms with Crippen LogP contribution in [-0.4, -0.2) is 24.4 Å². The fourth-order valence-electron chi connectivity index (χ4n) is 1.87. The average molecular weight is 177 g/mol. The summed E-state index contributed by atoms with van der Waals surface area (Å²) in [5.41, 5.74) is 0. The van der Waals surface area contributed by atoms with Crippen molar-refractivity contribution in [2.45, 2.75) is 37.6 Å². The molecule has 1 unspecified atom stereocenters. The molecule has 1 aliphatic heterocycles. The first-order valence-electron chi connectivity index (χ1n) is 4.22. The fourth-order valence-corrected chi connectivity index (χ4v) is 2.02. The van der Waals surface area contributed by atoms with E-state index in [1.807, 2.05) is 0 Å². The van der Waals surface area contributed by atoms with Crippen molar-refractivity contribution < 1.29 is 9.47 Å². The smallest absolute Gasteiger partial charge is 0.168 e. The summed E-state index contributed by atoms with van der Waals surface area (Å²) in [6.07, 6.45) is 4.71. The SMILES string of the molecule is ClCC1COC2(CCCC2)O1. The highest BCUT2D eigenvalue weighted by molar-refractivity contribution is 6.18. The summed E-state index contributed by atoms with van der Waals surface area (Å²) in [5, 5.41) is 0. The van der Waals surface area contributed by atoms with Crippen LogP contribution in [0.25, 0.3) is 0 Å². The monoisotopic (exact) mass is 176 g/mol. The first-order chi connectivity index (χ1) is 5.35. The van der Waals surface area contributed by atoms with Gasteiger partial charge in [-0.2, -0.15) is 0 Å². The van der Waals surface area contributed by atoms with Crippen molar-refractivity contribution in [3.63, 3.8) is 0 Å². The fraction of sp³-hybridized carbons (Fsp3) is 1.00. The second kappa shape index (κ2) is 2.92. The Hall–Kier alpha value is 0.210. The second-order valence-electron chi connectivity index (χ2n) is 3.32. The maximum absolute atomic E-state index is 5.70. The summed E-state index contributed by atoms with van der Waals surface area (Å²) in [7, 11) is 0. The summed E-state index contributed by atoms with van der Waals surface area (Å²) in [5.74, 6) is 0.335. The number of alkyl halides is 1. The molecule has 2 fully saturated rings. The summed E-state index contributed by atoms with van der Waals surface area (Å²) in [6, 6.07) is 0. The minimum atomic E-state index is -0.223. The first-order valence-corrected chi connectivity index (χ1v) is 4.76. The topological polar surface area (TPSA) is 18.5 Å². The lowest BCUT2D eigenvalue weighted by molar-refractivity contribution is -0.159. The number of hydrogen-bond donors (Lipinski definition) is 0. The molecule has 64 valence electrons. The minimum absolute atomic E-state index is 0.134. The van der Waals surface area contributed by atoms with E-state index in [1.54, 1.807) is 0 Å². The van der Waals surface area contributed by atoms with E-state index in [2.05, 4.69) is 0 Å². The molecule has 3 heteroatoms. The van der Waals surface area contributed by atoms with Crippen LogP contribution in [0.5, 0.6) is 0 Å². The van der Waals surface area contributed by atoms with Gasteiger partial charge in [-0.25, -0.2) is 0 Å². The standard InChI is InChI=1S/C8H13ClO2/c9-5-7-6-10-8(11-7)3-1-2-4-8/h7H,1-6H2. The van der Waals surface area contributed by atoms with Crippen LogP contribution in [0.3, 0.4) is 0 Å². The van der Waals surface area contributed by atoms with Gasteiger partial charge in [0.05, 0.1) is 18.6 Å². The molecule has 2 nitrogen and oxygen atoms in total. The largest absolute Gasteiger partial charge is 0.347 e. The third-order valence-electron chi connectivity index (χ3n) is 2.45.